The Kier molecular flexibility index (Phi) is 4.71. The Bertz CT molecular complexity index is 579. The molecular weight excluding hydrogens is 252 g/mol. The summed E-state index contributed by atoms with van der Waals surface area (Å²) < 4.78 is 5.14. The number of nitrogens with one attached hydrogen (secondary N) is 1. The van der Waals surface area contributed by atoms with Crippen molar-refractivity contribution in [2.75, 3.05) is 12.4 Å². The summed E-state index contributed by atoms with van der Waals surface area (Å²) in [6.45, 7) is 2.05. The van der Waals surface area contributed by atoms with Crippen LogP contribution in [-0.4, -0.2) is 18.0 Å². The molecule has 1 aromatic carbocycles. The van der Waals surface area contributed by atoms with E-state index in [-0.39, 0.29) is 5.91 Å². The lowest BCUT2D eigenvalue weighted by Crippen LogP contribution is -2.14. The third kappa shape index (κ3) is 3.82. The van der Waals surface area contributed by atoms with E-state index in [1.54, 1.807) is 25.4 Å². The Labute approximate surface area is 118 Å². The van der Waals surface area contributed by atoms with E-state index in [1.807, 2.05) is 19.1 Å². The minimum Gasteiger partial charge on any atom is -0.493 e. The van der Waals surface area contributed by atoms with Gasteiger partial charge in [-0.15, -0.1) is 0 Å². The van der Waals surface area contributed by atoms with Gasteiger partial charge in [0.2, 0.25) is 5.91 Å². The molecule has 0 aliphatic heterocycles. The predicted octanol–water partition coefficient (Wildman–Crippen LogP) is 2.97. The van der Waals surface area contributed by atoms with Crippen LogP contribution in [0.4, 0.5) is 5.82 Å². The van der Waals surface area contributed by atoms with Crippen LogP contribution in [0.25, 0.3) is 0 Å². The van der Waals surface area contributed by atoms with E-state index >= 15 is 0 Å². The van der Waals surface area contributed by atoms with Crippen molar-refractivity contribution in [1.29, 1.82) is 0 Å². The van der Waals surface area contributed by atoms with Gasteiger partial charge >= 0.3 is 0 Å². The fourth-order valence-electron chi connectivity index (χ4n) is 1.86. The number of hydrogen-bond donors (Lipinski definition) is 1. The Hall–Kier alpha value is -2.36. The van der Waals surface area contributed by atoms with Crippen LogP contribution in [0.1, 0.15) is 17.5 Å². The quantitative estimate of drug-likeness (QED) is 0.908. The molecule has 0 saturated heterocycles. The van der Waals surface area contributed by atoms with E-state index in [0.29, 0.717) is 24.4 Å². The van der Waals surface area contributed by atoms with Crippen LogP contribution in [0.2, 0.25) is 0 Å². The first kappa shape index (κ1) is 14.1. The van der Waals surface area contributed by atoms with Gasteiger partial charge in [-0.2, -0.15) is 0 Å². The van der Waals surface area contributed by atoms with Crippen molar-refractivity contribution in [3.8, 4) is 5.75 Å². The van der Waals surface area contributed by atoms with Crippen molar-refractivity contribution in [1.82, 2.24) is 4.98 Å². The summed E-state index contributed by atoms with van der Waals surface area (Å²) in [6.07, 6.45) is 2.75. The number of anilines is 1. The maximum absolute atomic E-state index is 11.9. The molecule has 0 aliphatic rings. The van der Waals surface area contributed by atoms with Crippen molar-refractivity contribution in [2.45, 2.75) is 19.8 Å². The number of carbonyl (C=O) groups is 1. The molecule has 0 saturated carbocycles. The van der Waals surface area contributed by atoms with Gasteiger partial charge in [0.25, 0.3) is 0 Å². The van der Waals surface area contributed by atoms with Gasteiger partial charge in [-0.25, -0.2) is 4.98 Å². The van der Waals surface area contributed by atoms with E-state index in [4.69, 9.17) is 4.74 Å². The normalized spacial score (nSPS) is 10.1. The number of nitrogens with zero attached hydrogens (tertiary/aromatic N) is 1. The van der Waals surface area contributed by atoms with Crippen LogP contribution < -0.4 is 10.1 Å². The monoisotopic (exact) mass is 270 g/mol. The van der Waals surface area contributed by atoms with Crippen LogP contribution in [-0.2, 0) is 11.2 Å². The molecule has 1 amide bonds. The van der Waals surface area contributed by atoms with E-state index < -0.39 is 0 Å². The molecule has 1 aromatic heterocycles. The summed E-state index contributed by atoms with van der Waals surface area (Å²) in [7, 11) is 1.55. The van der Waals surface area contributed by atoms with Crippen molar-refractivity contribution in [3.63, 3.8) is 0 Å². The number of benzene rings is 1. The van der Waals surface area contributed by atoms with Crippen LogP contribution in [0, 0.1) is 6.92 Å². The van der Waals surface area contributed by atoms with Gasteiger partial charge < -0.3 is 10.1 Å². The standard InChI is InChI=1S/C16H18N2O2/c1-12-5-7-13(8-6-12)9-10-15(19)18-16-14(20-2)4-3-11-17-16/h3-8,11H,9-10H2,1-2H3,(H,17,18,19). The second-order valence-electron chi connectivity index (χ2n) is 4.59. The number of carbonyl (C=O) groups excluding carboxylic acids is 1. The van der Waals surface area contributed by atoms with E-state index in [9.17, 15) is 4.79 Å². The van der Waals surface area contributed by atoms with Crippen molar-refractivity contribution in [3.05, 3.63) is 53.7 Å². The minimum absolute atomic E-state index is 0.0671. The predicted molar refractivity (Wildman–Crippen MR) is 78.9 cm³/mol. The third-order valence-electron chi connectivity index (χ3n) is 3.01. The second-order valence-corrected chi connectivity index (χ2v) is 4.59. The molecule has 0 atom stereocenters. The average molecular weight is 270 g/mol. The highest BCUT2D eigenvalue weighted by Gasteiger charge is 2.08. The van der Waals surface area contributed by atoms with Gasteiger partial charge in [0.05, 0.1) is 7.11 Å². The number of ether oxygens (including phenoxy) is 1. The van der Waals surface area contributed by atoms with Crippen LogP contribution in [0.3, 0.4) is 0 Å². The molecule has 0 bridgehead atoms. The first-order valence-electron chi connectivity index (χ1n) is 6.53. The van der Waals surface area contributed by atoms with Crippen LogP contribution in [0.15, 0.2) is 42.6 Å². The average Bonchev–Trinajstić information content (AvgIpc) is 2.47. The summed E-state index contributed by atoms with van der Waals surface area (Å²) in [6, 6.07) is 11.7. The van der Waals surface area contributed by atoms with Gasteiger partial charge in [-0.1, -0.05) is 29.8 Å². The topological polar surface area (TPSA) is 51.2 Å². The van der Waals surface area contributed by atoms with Crippen molar-refractivity contribution >= 4 is 11.7 Å². The molecule has 4 heteroatoms. The number of methoxy groups -OCH3 is 1. The molecule has 0 unspecified atom stereocenters. The van der Waals surface area contributed by atoms with Gasteiger partial charge in [0, 0.05) is 12.6 Å². The SMILES string of the molecule is COc1cccnc1NC(=O)CCc1ccc(C)cc1. The Morgan fingerprint density at radius 3 is 2.70 bits per heavy atom. The molecule has 2 aromatic rings. The summed E-state index contributed by atoms with van der Waals surface area (Å²) in [5.74, 6) is 0.961. The highest BCUT2D eigenvalue weighted by Crippen LogP contribution is 2.20. The molecule has 104 valence electrons. The number of aromatic nitrogens is 1. The fourth-order valence-corrected chi connectivity index (χ4v) is 1.86. The summed E-state index contributed by atoms with van der Waals surface area (Å²) in [5.41, 5.74) is 2.37. The summed E-state index contributed by atoms with van der Waals surface area (Å²) in [5, 5.41) is 2.77. The van der Waals surface area contributed by atoms with E-state index in [0.717, 1.165) is 5.56 Å². The molecule has 1 heterocycles. The smallest absolute Gasteiger partial charge is 0.225 e. The number of hydrogen-bond acceptors (Lipinski definition) is 3. The Morgan fingerprint density at radius 1 is 1.25 bits per heavy atom. The lowest BCUT2D eigenvalue weighted by molar-refractivity contribution is -0.116. The maximum Gasteiger partial charge on any atom is 0.225 e. The zero-order valence-electron chi connectivity index (χ0n) is 11.7. The van der Waals surface area contributed by atoms with Gasteiger partial charge in [0.15, 0.2) is 11.6 Å². The van der Waals surface area contributed by atoms with Gasteiger partial charge in [0.1, 0.15) is 0 Å². The zero-order valence-corrected chi connectivity index (χ0v) is 11.7. The molecule has 0 aliphatic carbocycles. The first-order chi connectivity index (χ1) is 9.69. The zero-order chi connectivity index (χ0) is 14.4. The lowest BCUT2D eigenvalue weighted by Gasteiger charge is -2.08. The number of pyridine rings is 1. The first-order valence-corrected chi connectivity index (χ1v) is 6.53. The second kappa shape index (κ2) is 6.70. The Balaban J connectivity index is 1.91. The molecule has 0 fully saturated rings. The highest BCUT2D eigenvalue weighted by atomic mass is 16.5. The number of aryl methyl sites for hydroxylation is 2. The minimum atomic E-state index is -0.0671. The third-order valence-corrected chi connectivity index (χ3v) is 3.01. The number of amides is 1. The fraction of sp³-hybridized carbons (Fsp3) is 0.250. The van der Waals surface area contributed by atoms with Crippen LogP contribution >= 0.6 is 0 Å². The van der Waals surface area contributed by atoms with Gasteiger partial charge in [-0.3, -0.25) is 4.79 Å². The molecule has 1 N–H and O–H groups in total. The number of rotatable bonds is 5. The van der Waals surface area contributed by atoms with E-state index in [1.165, 1.54) is 5.56 Å². The van der Waals surface area contributed by atoms with Crippen molar-refractivity contribution in [2.24, 2.45) is 0 Å². The lowest BCUT2D eigenvalue weighted by atomic mass is 10.1. The molecule has 0 spiro atoms. The molecular formula is C16H18N2O2. The van der Waals surface area contributed by atoms with E-state index in [2.05, 4.69) is 22.4 Å². The van der Waals surface area contributed by atoms with Crippen molar-refractivity contribution < 1.29 is 9.53 Å². The Morgan fingerprint density at radius 2 is 2.00 bits per heavy atom. The van der Waals surface area contributed by atoms with Gasteiger partial charge in [-0.05, 0) is 31.0 Å². The molecule has 20 heavy (non-hydrogen) atoms. The molecule has 0 radical (unpaired) electrons. The van der Waals surface area contributed by atoms with Crippen LogP contribution in [0.5, 0.6) is 5.75 Å². The highest BCUT2D eigenvalue weighted by molar-refractivity contribution is 5.91. The summed E-state index contributed by atoms with van der Waals surface area (Å²) in [4.78, 5) is 16.0. The largest absolute Gasteiger partial charge is 0.493 e. The molecule has 4 nitrogen and oxygen atoms in total. The maximum atomic E-state index is 11.9. The summed E-state index contributed by atoms with van der Waals surface area (Å²) >= 11 is 0. The molecule has 2 rings (SSSR count).